The molecule has 6 heteroatoms. The molecule has 1 aliphatic heterocycles. The fourth-order valence-electron chi connectivity index (χ4n) is 2.60. The first-order valence-corrected chi connectivity index (χ1v) is 6.58. The average molecular weight is 291 g/mol. The molecular formula is C15H17NO5. The van der Waals surface area contributed by atoms with Gasteiger partial charge in [0.2, 0.25) is 5.91 Å². The van der Waals surface area contributed by atoms with Crippen LogP contribution in [-0.4, -0.2) is 36.6 Å². The van der Waals surface area contributed by atoms with Crippen molar-refractivity contribution in [3.8, 4) is 0 Å². The lowest BCUT2D eigenvalue weighted by atomic mass is 10.0. The molecule has 21 heavy (non-hydrogen) atoms. The van der Waals surface area contributed by atoms with Crippen LogP contribution in [0.3, 0.4) is 0 Å². The van der Waals surface area contributed by atoms with E-state index >= 15 is 0 Å². The third kappa shape index (κ3) is 2.61. The van der Waals surface area contributed by atoms with Crippen molar-refractivity contribution in [2.75, 3.05) is 18.6 Å². The zero-order chi connectivity index (χ0) is 15.7. The number of nitrogens with zero attached hydrogens (tertiary/aromatic N) is 1. The number of esters is 1. The third-order valence-corrected chi connectivity index (χ3v) is 3.94. The highest BCUT2D eigenvalue weighted by Gasteiger charge is 2.36. The predicted molar refractivity (Wildman–Crippen MR) is 75.4 cm³/mol. The van der Waals surface area contributed by atoms with Gasteiger partial charge in [0, 0.05) is 18.7 Å². The van der Waals surface area contributed by atoms with Gasteiger partial charge in [0.1, 0.15) is 0 Å². The first kappa shape index (κ1) is 15.0. The van der Waals surface area contributed by atoms with E-state index in [1.165, 1.54) is 18.1 Å². The van der Waals surface area contributed by atoms with E-state index in [-0.39, 0.29) is 24.4 Å². The zero-order valence-electron chi connectivity index (χ0n) is 12.2. The summed E-state index contributed by atoms with van der Waals surface area (Å²) in [4.78, 5) is 36.3. The lowest BCUT2D eigenvalue weighted by molar-refractivity contribution is -0.145. The number of carbonyl (C=O) groups is 3. The van der Waals surface area contributed by atoms with E-state index in [1.54, 1.807) is 19.9 Å². The number of benzene rings is 1. The third-order valence-electron chi connectivity index (χ3n) is 3.94. The summed E-state index contributed by atoms with van der Waals surface area (Å²) in [7, 11) is 1.30. The molecule has 0 radical (unpaired) electrons. The average Bonchev–Trinajstić information content (AvgIpc) is 2.82. The summed E-state index contributed by atoms with van der Waals surface area (Å²) < 4.78 is 4.68. The monoisotopic (exact) mass is 291 g/mol. The molecule has 1 aromatic rings. The van der Waals surface area contributed by atoms with Gasteiger partial charge in [0.05, 0.1) is 18.6 Å². The molecule has 1 atom stereocenters. The fraction of sp³-hybridized carbons (Fsp3) is 0.400. The molecule has 1 aromatic carbocycles. The lowest BCUT2D eigenvalue weighted by Crippen LogP contribution is -2.27. The number of methoxy groups -OCH3 is 1. The number of amides is 1. The minimum Gasteiger partial charge on any atom is -0.478 e. The van der Waals surface area contributed by atoms with Crippen LogP contribution in [0.1, 0.15) is 27.9 Å². The Bertz CT molecular complexity index is 623. The molecule has 1 heterocycles. The Balaban J connectivity index is 2.35. The van der Waals surface area contributed by atoms with Gasteiger partial charge in [-0.1, -0.05) is 0 Å². The number of aromatic carboxylic acids is 1. The van der Waals surface area contributed by atoms with Gasteiger partial charge in [-0.2, -0.15) is 0 Å². The van der Waals surface area contributed by atoms with Crippen LogP contribution < -0.4 is 4.90 Å². The zero-order valence-corrected chi connectivity index (χ0v) is 12.2. The highest BCUT2D eigenvalue weighted by atomic mass is 16.5. The number of hydrogen-bond donors (Lipinski definition) is 1. The number of carboxylic acid groups (broad SMARTS) is 1. The number of carboxylic acids is 1. The summed E-state index contributed by atoms with van der Waals surface area (Å²) in [6.07, 6.45) is 0.117. The Morgan fingerprint density at radius 1 is 1.29 bits per heavy atom. The Labute approximate surface area is 122 Å². The van der Waals surface area contributed by atoms with Crippen LogP contribution >= 0.6 is 0 Å². The summed E-state index contributed by atoms with van der Waals surface area (Å²) in [5.74, 6) is -2.03. The predicted octanol–water partition coefficient (Wildman–Crippen LogP) is 1.53. The Morgan fingerprint density at radius 3 is 2.52 bits per heavy atom. The molecular weight excluding hydrogens is 274 g/mol. The second-order valence-corrected chi connectivity index (χ2v) is 5.12. The maximum absolute atomic E-state index is 12.1. The molecule has 2 rings (SSSR count). The Kier molecular flexibility index (Phi) is 3.97. The van der Waals surface area contributed by atoms with Crippen LogP contribution in [-0.2, 0) is 14.3 Å². The van der Waals surface area contributed by atoms with Crippen molar-refractivity contribution in [2.45, 2.75) is 20.3 Å². The minimum absolute atomic E-state index is 0.117. The topological polar surface area (TPSA) is 83.9 Å². The van der Waals surface area contributed by atoms with Crippen molar-refractivity contribution in [3.63, 3.8) is 0 Å². The van der Waals surface area contributed by atoms with Gasteiger partial charge in [0.15, 0.2) is 0 Å². The largest absolute Gasteiger partial charge is 0.478 e. The van der Waals surface area contributed by atoms with Crippen molar-refractivity contribution < 1.29 is 24.2 Å². The molecule has 1 unspecified atom stereocenters. The number of carbonyl (C=O) groups excluding carboxylic acids is 2. The molecule has 1 amide bonds. The van der Waals surface area contributed by atoms with Crippen LogP contribution in [0.15, 0.2) is 12.1 Å². The van der Waals surface area contributed by atoms with Crippen LogP contribution in [0.2, 0.25) is 0 Å². The van der Waals surface area contributed by atoms with Crippen LogP contribution in [0, 0.1) is 19.8 Å². The molecule has 1 fully saturated rings. The summed E-state index contributed by atoms with van der Waals surface area (Å²) in [6.45, 7) is 3.74. The highest BCUT2D eigenvalue weighted by Crippen LogP contribution is 2.31. The molecule has 1 N–H and O–H groups in total. The van der Waals surface area contributed by atoms with Gasteiger partial charge >= 0.3 is 11.9 Å². The molecule has 0 bridgehead atoms. The number of ether oxygens (including phenoxy) is 1. The Hall–Kier alpha value is -2.37. The second kappa shape index (κ2) is 5.55. The van der Waals surface area contributed by atoms with Gasteiger partial charge in [-0.15, -0.1) is 0 Å². The van der Waals surface area contributed by atoms with Gasteiger partial charge in [-0.3, -0.25) is 9.59 Å². The smallest absolute Gasteiger partial charge is 0.335 e. The number of rotatable bonds is 3. The molecule has 6 nitrogen and oxygen atoms in total. The van der Waals surface area contributed by atoms with Crippen molar-refractivity contribution in [3.05, 3.63) is 28.8 Å². The van der Waals surface area contributed by atoms with E-state index in [4.69, 9.17) is 5.11 Å². The highest BCUT2D eigenvalue weighted by molar-refractivity contribution is 6.01. The van der Waals surface area contributed by atoms with Gasteiger partial charge < -0.3 is 14.7 Å². The van der Waals surface area contributed by atoms with Crippen LogP contribution in [0.25, 0.3) is 0 Å². The number of anilines is 1. The summed E-state index contributed by atoms with van der Waals surface area (Å²) in [6, 6.07) is 3.10. The van der Waals surface area contributed by atoms with Crippen molar-refractivity contribution >= 4 is 23.5 Å². The molecule has 0 spiro atoms. The maximum atomic E-state index is 12.1. The molecule has 0 aliphatic carbocycles. The van der Waals surface area contributed by atoms with Crippen LogP contribution in [0.5, 0.6) is 0 Å². The second-order valence-electron chi connectivity index (χ2n) is 5.12. The lowest BCUT2D eigenvalue weighted by Gasteiger charge is -2.21. The first-order chi connectivity index (χ1) is 9.86. The molecule has 1 saturated heterocycles. The van der Waals surface area contributed by atoms with Crippen molar-refractivity contribution in [2.24, 2.45) is 5.92 Å². The molecule has 0 aromatic heterocycles. The van der Waals surface area contributed by atoms with E-state index in [0.29, 0.717) is 11.3 Å². The van der Waals surface area contributed by atoms with E-state index in [1.807, 2.05) is 0 Å². The molecule has 0 saturated carbocycles. The minimum atomic E-state index is -0.998. The van der Waals surface area contributed by atoms with Crippen molar-refractivity contribution in [1.29, 1.82) is 0 Å². The molecule has 112 valence electrons. The van der Waals surface area contributed by atoms with E-state index < -0.39 is 17.9 Å². The maximum Gasteiger partial charge on any atom is 0.335 e. The van der Waals surface area contributed by atoms with Crippen molar-refractivity contribution in [1.82, 2.24) is 0 Å². The summed E-state index contributed by atoms with van der Waals surface area (Å²) in [5, 5.41) is 9.10. The van der Waals surface area contributed by atoms with Crippen LogP contribution in [0.4, 0.5) is 5.69 Å². The van der Waals surface area contributed by atoms with E-state index in [0.717, 1.165) is 5.56 Å². The SMILES string of the molecule is COC(=O)C1CC(=O)N(c2ccc(C(=O)O)c(C)c2C)C1. The fourth-order valence-corrected chi connectivity index (χ4v) is 2.60. The van der Waals surface area contributed by atoms with E-state index in [2.05, 4.69) is 4.74 Å². The normalized spacial score (nSPS) is 18.0. The van der Waals surface area contributed by atoms with E-state index in [9.17, 15) is 14.4 Å². The number of hydrogen-bond acceptors (Lipinski definition) is 4. The summed E-state index contributed by atoms with van der Waals surface area (Å²) in [5.41, 5.74) is 2.21. The van der Waals surface area contributed by atoms with Gasteiger partial charge in [0.25, 0.3) is 0 Å². The van der Waals surface area contributed by atoms with Gasteiger partial charge in [-0.25, -0.2) is 4.79 Å². The first-order valence-electron chi connectivity index (χ1n) is 6.58. The van der Waals surface area contributed by atoms with Gasteiger partial charge in [-0.05, 0) is 37.1 Å². The standard InChI is InChI=1S/C15H17NO5/c1-8-9(2)12(5-4-11(8)14(18)19)16-7-10(6-13(16)17)15(20)21-3/h4-5,10H,6-7H2,1-3H3,(H,18,19). The quantitative estimate of drug-likeness (QED) is 0.854. The summed E-state index contributed by atoms with van der Waals surface area (Å²) >= 11 is 0. The Morgan fingerprint density at radius 2 is 1.95 bits per heavy atom. The molecule has 1 aliphatic rings.